The van der Waals surface area contributed by atoms with Crippen LogP contribution in [-0.2, 0) is 4.79 Å². The third-order valence-corrected chi connectivity index (χ3v) is 5.03. The van der Waals surface area contributed by atoms with E-state index in [-0.39, 0.29) is 11.9 Å². The van der Waals surface area contributed by atoms with Gasteiger partial charge in [0.2, 0.25) is 5.91 Å². The summed E-state index contributed by atoms with van der Waals surface area (Å²) < 4.78 is 5.39. The fourth-order valence-corrected chi connectivity index (χ4v) is 3.74. The van der Waals surface area contributed by atoms with Crippen LogP contribution >= 0.6 is 11.3 Å². The third-order valence-electron chi connectivity index (χ3n) is 4.06. The first-order chi connectivity index (χ1) is 11.6. The van der Waals surface area contributed by atoms with Crippen LogP contribution in [0.3, 0.4) is 0 Å². The Balaban J connectivity index is 1.79. The molecule has 0 unspecified atom stereocenters. The van der Waals surface area contributed by atoms with Crippen molar-refractivity contribution >= 4 is 33.9 Å². The molecule has 5 nitrogen and oxygen atoms in total. The van der Waals surface area contributed by atoms with E-state index in [1.807, 2.05) is 35.7 Å². The van der Waals surface area contributed by atoms with Crippen molar-refractivity contribution in [3.05, 3.63) is 68.7 Å². The molecule has 2 aromatic heterocycles. The number of hydrogen-bond donors (Lipinski definition) is 0. The molecule has 1 aliphatic heterocycles. The molecule has 24 heavy (non-hydrogen) atoms. The first kappa shape index (κ1) is 14.8. The molecule has 0 N–H and O–H groups in total. The lowest BCUT2D eigenvalue weighted by Gasteiger charge is -2.18. The van der Waals surface area contributed by atoms with Crippen molar-refractivity contribution in [1.82, 2.24) is 5.01 Å². The van der Waals surface area contributed by atoms with E-state index in [1.165, 1.54) is 11.9 Å². The Hall–Kier alpha value is -2.73. The standard InChI is InChI=1S/C18H14N2O3S/c1-11(21)20-15(17-7-4-8-24-17)10-14(19-20)13-9-12-5-2-3-6-16(12)23-18(13)22/h2-9,15H,10H2,1H3/t15-/m1/s1. The van der Waals surface area contributed by atoms with Crippen molar-refractivity contribution in [2.75, 3.05) is 0 Å². The minimum atomic E-state index is -0.428. The van der Waals surface area contributed by atoms with Gasteiger partial charge in [-0.15, -0.1) is 11.3 Å². The number of thiophene rings is 1. The number of nitrogens with zero attached hydrogens (tertiary/aromatic N) is 2. The zero-order valence-electron chi connectivity index (χ0n) is 12.9. The summed E-state index contributed by atoms with van der Waals surface area (Å²) in [5, 5.41) is 8.67. The molecule has 0 aliphatic carbocycles. The van der Waals surface area contributed by atoms with Gasteiger partial charge in [-0.3, -0.25) is 4.79 Å². The average molecular weight is 338 g/mol. The van der Waals surface area contributed by atoms with Crippen LogP contribution in [0.4, 0.5) is 0 Å². The van der Waals surface area contributed by atoms with Crippen molar-refractivity contribution < 1.29 is 9.21 Å². The lowest BCUT2D eigenvalue weighted by molar-refractivity contribution is -0.130. The molecule has 0 bridgehead atoms. The van der Waals surface area contributed by atoms with Crippen LogP contribution in [0.15, 0.2) is 62.2 Å². The van der Waals surface area contributed by atoms with E-state index < -0.39 is 5.63 Å². The molecule has 120 valence electrons. The summed E-state index contributed by atoms with van der Waals surface area (Å²) in [4.78, 5) is 25.3. The summed E-state index contributed by atoms with van der Waals surface area (Å²) in [7, 11) is 0. The number of amides is 1. The molecule has 3 aromatic rings. The molecule has 1 aromatic carbocycles. The van der Waals surface area contributed by atoms with Gasteiger partial charge in [0.15, 0.2) is 0 Å². The molecule has 0 fully saturated rings. The van der Waals surface area contributed by atoms with E-state index in [0.717, 1.165) is 10.3 Å². The molecule has 1 atom stereocenters. The van der Waals surface area contributed by atoms with Crippen LogP contribution in [0.2, 0.25) is 0 Å². The van der Waals surface area contributed by atoms with Crippen molar-refractivity contribution in [1.29, 1.82) is 0 Å². The SMILES string of the molecule is CC(=O)N1N=C(c2cc3ccccc3oc2=O)C[C@@H]1c1cccs1. The maximum atomic E-state index is 12.3. The van der Waals surface area contributed by atoms with Gasteiger partial charge in [0.25, 0.3) is 0 Å². The smallest absolute Gasteiger partial charge is 0.345 e. The average Bonchev–Trinajstić information content (AvgIpc) is 3.23. The van der Waals surface area contributed by atoms with Crippen LogP contribution < -0.4 is 5.63 Å². The molecule has 0 spiro atoms. The number of fused-ring (bicyclic) bond motifs is 1. The van der Waals surface area contributed by atoms with E-state index in [0.29, 0.717) is 23.3 Å². The van der Waals surface area contributed by atoms with Crippen molar-refractivity contribution in [2.24, 2.45) is 5.10 Å². The van der Waals surface area contributed by atoms with Crippen LogP contribution in [0.25, 0.3) is 11.0 Å². The molecule has 0 saturated carbocycles. The molecule has 1 aliphatic rings. The van der Waals surface area contributed by atoms with Crippen molar-refractivity contribution in [2.45, 2.75) is 19.4 Å². The number of carbonyl (C=O) groups is 1. The Bertz CT molecular complexity index is 1000. The third kappa shape index (κ3) is 2.45. The predicted octanol–water partition coefficient (Wildman–Crippen LogP) is 3.55. The van der Waals surface area contributed by atoms with Crippen molar-refractivity contribution in [3.63, 3.8) is 0 Å². The lowest BCUT2D eigenvalue weighted by atomic mass is 10.0. The van der Waals surface area contributed by atoms with E-state index in [2.05, 4.69) is 5.10 Å². The molecule has 1 amide bonds. The number of hydrazone groups is 1. The minimum absolute atomic E-state index is 0.145. The lowest BCUT2D eigenvalue weighted by Crippen LogP contribution is -2.23. The van der Waals surface area contributed by atoms with Gasteiger partial charge in [0, 0.05) is 23.6 Å². The quantitative estimate of drug-likeness (QED) is 0.671. The molecular weight excluding hydrogens is 324 g/mol. The largest absolute Gasteiger partial charge is 0.422 e. The zero-order chi connectivity index (χ0) is 16.7. The number of para-hydroxylation sites is 1. The summed E-state index contributed by atoms with van der Waals surface area (Å²) >= 11 is 1.58. The zero-order valence-corrected chi connectivity index (χ0v) is 13.7. The highest BCUT2D eigenvalue weighted by Crippen LogP contribution is 2.34. The monoisotopic (exact) mass is 338 g/mol. The van der Waals surface area contributed by atoms with Gasteiger partial charge in [-0.2, -0.15) is 5.10 Å². The molecule has 3 heterocycles. The Kier molecular flexibility index (Phi) is 3.54. The summed E-state index contributed by atoms with van der Waals surface area (Å²) in [6.07, 6.45) is 0.503. The van der Waals surface area contributed by atoms with Gasteiger partial charge in [-0.05, 0) is 23.6 Å². The van der Waals surface area contributed by atoms with Gasteiger partial charge in [0.1, 0.15) is 5.58 Å². The van der Waals surface area contributed by atoms with Gasteiger partial charge in [-0.1, -0.05) is 24.3 Å². The second-order valence-electron chi connectivity index (χ2n) is 5.63. The van der Waals surface area contributed by atoms with Crippen LogP contribution in [0, 0.1) is 0 Å². The van der Waals surface area contributed by atoms with Gasteiger partial charge >= 0.3 is 5.63 Å². The van der Waals surface area contributed by atoms with Gasteiger partial charge < -0.3 is 4.42 Å². The van der Waals surface area contributed by atoms with E-state index >= 15 is 0 Å². The number of rotatable bonds is 2. The number of hydrogen-bond acceptors (Lipinski definition) is 5. The fraction of sp³-hybridized carbons (Fsp3) is 0.167. The fourth-order valence-electron chi connectivity index (χ4n) is 2.93. The summed E-state index contributed by atoms with van der Waals surface area (Å²) in [6, 6.07) is 12.9. The first-order valence-corrected chi connectivity index (χ1v) is 8.45. The summed E-state index contributed by atoms with van der Waals surface area (Å²) in [6.45, 7) is 1.48. The van der Waals surface area contributed by atoms with E-state index in [4.69, 9.17) is 4.42 Å². The maximum absolute atomic E-state index is 12.3. The van der Waals surface area contributed by atoms with Crippen molar-refractivity contribution in [3.8, 4) is 0 Å². The molecule has 4 rings (SSSR count). The number of benzene rings is 1. The van der Waals surface area contributed by atoms with E-state index in [9.17, 15) is 9.59 Å². The van der Waals surface area contributed by atoms with Crippen LogP contribution in [0.5, 0.6) is 0 Å². The van der Waals surface area contributed by atoms with E-state index in [1.54, 1.807) is 23.5 Å². The Morgan fingerprint density at radius 1 is 1.29 bits per heavy atom. The van der Waals surface area contributed by atoms with Gasteiger partial charge in [-0.25, -0.2) is 9.80 Å². The predicted molar refractivity (Wildman–Crippen MR) is 93.2 cm³/mol. The maximum Gasteiger partial charge on any atom is 0.345 e. The first-order valence-electron chi connectivity index (χ1n) is 7.57. The molecular formula is C18H14N2O3S. The summed E-state index contributed by atoms with van der Waals surface area (Å²) in [5.74, 6) is -0.145. The van der Waals surface area contributed by atoms with Gasteiger partial charge in [0.05, 0.1) is 17.3 Å². The van der Waals surface area contributed by atoms with Crippen LogP contribution in [-0.4, -0.2) is 16.6 Å². The number of carbonyl (C=O) groups excluding carboxylic acids is 1. The molecule has 0 saturated heterocycles. The Morgan fingerprint density at radius 3 is 2.88 bits per heavy atom. The minimum Gasteiger partial charge on any atom is -0.422 e. The Morgan fingerprint density at radius 2 is 2.12 bits per heavy atom. The second kappa shape index (κ2) is 5.72. The van der Waals surface area contributed by atoms with Crippen LogP contribution in [0.1, 0.15) is 29.8 Å². The molecule has 6 heteroatoms. The highest BCUT2D eigenvalue weighted by Gasteiger charge is 2.33. The second-order valence-corrected chi connectivity index (χ2v) is 6.61. The highest BCUT2D eigenvalue weighted by atomic mass is 32.1. The Labute approximate surface area is 141 Å². The normalized spacial score (nSPS) is 17.3. The summed E-state index contributed by atoms with van der Waals surface area (Å²) in [5.41, 5.74) is 1.12. The highest BCUT2D eigenvalue weighted by molar-refractivity contribution is 7.10. The molecule has 0 radical (unpaired) electrons. The topological polar surface area (TPSA) is 62.9 Å².